The van der Waals surface area contributed by atoms with Gasteiger partial charge in [-0.05, 0) is 19.3 Å². The van der Waals surface area contributed by atoms with Crippen LogP contribution in [0.25, 0.3) is 0 Å². The lowest BCUT2D eigenvalue weighted by Crippen LogP contribution is -2.16. The molecule has 1 aliphatic carbocycles. The van der Waals surface area contributed by atoms with Gasteiger partial charge in [-0.3, -0.25) is 0 Å². The second-order valence-electron chi connectivity index (χ2n) is 1.38. The van der Waals surface area contributed by atoms with Crippen molar-refractivity contribution in [2.45, 2.75) is 18.9 Å². The molecule has 1 saturated carbocycles. The largest absolute Gasteiger partial charge is 0.393 e. The molecule has 1 heteroatoms. The van der Waals surface area contributed by atoms with Gasteiger partial charge in [0.2, 0.25) is 0 Å². The topological polar surface area (TPSA) is 20.2 Å². The molecule has 0 heterocycles. The zero-order valence-corrected chi connectivity index (χ0v) is 3.02. The summed E-state index contributed by atoms with van der Waals surface area (Å²) >= 11 is 0. The standard InChI is InChI=1S/C4H7O/c5-4-2-1-3-4/h2,4-5H,1,3H2. The highest BCUT2D eigenvalue weighted by Crippen LogP contribution is 2.15. The molecule has 5 heavy (non-hydrogen) atoms. The van der Waals surface area contributed by atoms with E-state index >= 15 is 0 Å². The first kappa shape index (κ1) is 3.16. The Morgan fingerprint density at radius 3 is 2.20 bits per heavy atom. The second kappa shape index (κ2) is 0.977. The summed E-state index contributed by atoms with van der Waals surface area (Å²) in [6.45, 7) is 0. The Kier molecular flexibility index (Phi) is 0.618. The molecule has 0 saturated heterocycles. The summed E-state index contributed by atoms with van der Waals surface area (Å²) in [7, 11) is 0. The summed E-state index contributed by atoms with van der Waals surface area (Å²) in [5.41, 5.74) is 0. The molecule has 1 radical (unpaired) electrons. The first-order valence-corrected chi connectivity index (χ1v) is 1.91. The van der Waals surface area contributed by atoms with Gasteiger partial charge >= 0.3 is 0 Å². The van der Waals surface area contributed by atoms with Crippen molar-refractivity contribution in [3.63, 3.8) is 0 Å². The highest BCUT2D eigenvalue weighted by molar-refractivity contribution is 4.86. The molecule has 1 aliphatic rings. The summed E-state index contributed by atoms with van der Waals surface area (Å²) < 4.78 is 0. The average molecular weight is 71.1 g/mol. The summed E-state index contributed by atoms with van der Waals surface area (Å²) in [5, 5.41) is 8.39. The van der Waals surface area contributed by atoms with Crippen molar-refractivity contribution in [1.29, 1.82) is 0 Å². The van der Waals surface area contributed by atoms with E-state index in [2.05, 4.69) is 0 Å². The maximum Gasteiger partial charge on any atom is 0.0572 e. The van der Waals surface area contributed by atoms with Gasteiger partial charge in [-0.25, -0.2) is 0 Å². The minimum Gasteiger partial charge on any atom is -0.393 e. The number of hydrogen-bond donors (Lipinski definition) is 1. The van der Waals surface area contributed by atoms with Crippen LogP contribution in [0.2, 0.25) is 0 Å². The molecule has 0 spiro atoms. The summed E-state index contributed by atoms with van der Waals surface area (Å²) in [4.78, 5) is 0. The normalized spacial score (nSPS) is 25.8. The van der Waals surface area contributed by atoms with Crippen LogP contribution < -0.4 is 0 Å². The number of aliphatic hydroxyl groups is 1. The van der Waals surface area contributed by atoms with E-state index in [1.54, 1.807) is 0 Å². The van der Waals surface area contributed by atoms with Crippen molar-refractivity contribution in [3.05, 3.63) is 6.42 Å². The number of rotatable bonds is 0. The van der Waals surface area contributed by atoms with Gasteiger partial charge in [0.15, 0.2) is 0 Å². The molecular formula is C4H7O. The van der Waals surface area contributed by atoms with Crippen molar-refractivity contribution in [1.82, 2.24) is 0 Å². The van der Waals surface area contributed by atoms with Crippen LogP contribution in [-0.4, -0.2) is 11.2 Å². The van der Waals surface area contributed by atoms with E-state index in [1.165, 1.54) is 0 Å². The van der Waals surface area contributed by atoms with Gasteiger partial charge in [0.05, 0.1) is 6.10 Å². The second-order valence-corrected chi connectivity index (χ2v) is 1.38. The predicted octanol–water partition coefficient (Wildman–Crippen LogP) is 0.345. The molecule has 0 aromatic heterocycles. The first-order valence-electron chi connectivity index (χ1n) is 1.91. The fraction of sp³-hybridized carbons (Fsp3) is 0.750. The third-order valence-corrected chi connectivity index (χ3v) is 0.901. The highest BCUT2D eigenvalue weighted by atomic mass is 16.3. The third kappa shape index (κ3) is 0.428. The molecular weight excluding hydrogens is 64.0 g/mol. The molecule has 1 rings (SSSR count). The number of aliphatic hydroxyl groups excluding tert-OH is 1. The smallest absolute Gasteiger partial charge is 0.0572 e. The van der Waals surface area contributed by atoms with Crippen molar-refractivity contribution < 1.29 is 5.11 Å². The molecule has 0 aliphatic heterocycles. The predicted molar refractivity (Wildman–Crippen MR) is 19.5 cm³/mol. The highest BCUT2D eigenvalue weighted by Gasteiger charge is 2.12. The lowest BCUT2D eigenvalue weighted by atomic mass is 9.97. The average Bonchev–Trinajstić information content (AvgIpc) is 1.30. The Balaban J connectivity index is 2.08. The molecule has 1 N–H and O–H groups in total. The Bertz CT molecular complexity index is 30.6. The van der Waals surface area contributed by atoms with Gasteiger partial charge in [-0.15, -0.1) is 0 Å². The quantitative estimate of drug-likeness (QED) is 0.436. The fourth-order valence-electron chi connectivity index (χ4n) is 0.316. The lowest BCUT2D eigenvalue weighted by molar-refractivity contribution is 0.151. The van der Waals surface area contributed by atoms with E-state index in [0.29, 0.717) is 0 Å². The van der Waals surface area contributed by atoms with Crippen LogP contribution in [0.15, 0.2) is 0 Å². The van der Waals surface area contributed by atoms with Gasteiger partial charge in [-0.2, -0.15) is 0 Å². The van der Waals surface area contributed by atoms with E-state index in [0.717, 1.165) is 12.8 Å². The van der Waals surface area contributed by atoms with E-state index in [9.17, 15) is 0 Å². The van der Waals surface area contributed by atoms with Gasteiger partial charge in [-0.1, -0.05) is 0 Å². The van der Waals surface area contributed by atoms with Crippen LogP contribution in [0.1, 0.15) is 12.8 Å². The lowest BCUT2D eigenvalue weighted by Gasteiger charge is -2.17. The molecule has 1 atom stereocenters. The van der Waals surface area contributed by atoms with Crippen LogP contribution in [0.5, 0.6) is 0 Å². The minimum atomic E-state index is -0.0602. The van der Waals surface area contributed by atoms with Crippen LogP contribution in [0.3, 0.4) is 0 Å². The van der Waals surface area contributed by atoms with E-state index in [1.807, 2.05) is 6.42 Å². The van der Waals surface area contributed by atoms with Crippen molar-refractivity contribution in [3.8, 4) is 0 Å². The molecule has 0 aromatic carbocycles. The first-order chi connectivity index (χ1) is 2.39. The molecule has 0 aromatic rings. The van der Waals surface area contributed by atoms with Crippen LogP contribution >= 0.6 is 0 Å². The van der Waals surface area contributed by atoms with Crippen LogP contribution in [-0.2, 0) is 0 Å². The van der Waals surface area contributed by atoms with Gasteiger partial charge in [0.25, 0.3) is 0 Å². The van der Waals surface area contributed by atoms with Crippen LogP contribution in [0, 0.1) is 6.42 Å². The van der Waals surface area contributed by atoms with Crippen molar-refractivity contribution in [2.24, 2.45) is 0 Å². The Morgan fingerprint density at radius 1 is 1.80 bits per heavy atom. The van der Waals surface area contributed by atoms with Crippen LogP contribution in [0.4, 0.5) is 0 Å². The Labute approximate surface area is 31.6 Å². The molecule has 1 nitrogen and oxygen atoms in total. The van der Waals surface area contributed by atoms with E-state index in [4.69, 9.17) is 5.11 Å². The fourth-order valence-corrected chi connectivity index (χ4v) is 0.316. The SMILES string of the molecule is OC1[CH]CC1. The number of hydrogen-bond acceptors (Lipinski definition) is 1. The third-order valence-electron chi connectivity index (χ3n) is 0.901. The molecule has 1 fully saturated rings. The summed E-state index contributed by atoms with van der Waals surface area (Å²) in [6.07, 6.45) is 3.94. The minimum absolute atomic E-state index is 0.0602. The molecule has 0 amide bonds. The van der Waals surface area contributed by atoms with Crippen molar-refractivity contribution >= 4 is 0 Å². The Hall–Kier alpha value is -0.0400. The molecule has 29 valence electrons. The zero-order valence-electron chi connectivity index (χ0n) is 3.02. The van der Waals surface area contributed by atoms with E-state index in [-0.39, 0.29) is 6.10 Å². The monoisotopic (exact) mass is 71.0 g/mol. The summed E-state index contributed by atoms with van der Waals surface area (Å²) in [6, 6.07) is 0. The van der Waals surface area contributed by atoms with Crippen molar-refractivity contribution in [2.75, 3.05) is 0 Å². The maximum absolute atomic E-state index is 8.39. The maximum atomic E-state index is 8.39. The zero-order chi connectivity index (χ0) is 3.70. The molecule has 1 unspecified atom stereocenters. The molecule has 0 bridgehead atoms. The Morgan fingerprint density at radius 2 is 2.20 bits per heavy atom. The van der Waals surface area contributed by atoms with E-state index < -0.39 is 0 Å². The van der Waals surface area contributed by atoms with Gasteiger partial charge < -0.3 is 5.11 Å². The van der Waals surface area contributed by atoms with Gasteiger partial charge in [0, 0.05) is 0 Å². The summed E-state index contributed by atoms with van der Waals surface area (Å²) in [5.74, 6) is 0. The van der Waals surface area contributed by atoms with Gasteiger partial charge in [0.1, 0.15) is 0 Å².